The summed E-state index contributed by atoms with van der Waals surface area (Å²) in [4.78, 5) is 14.2. The average Bonchev–Trinajstić information content (AvgIpc) is 3.16. The van der Waals surface area contributed by atoms with Crippen LogP contribution in [0.3, 0.4) is 0 Å². The Kier molecular flexibility index (Phi) is 12.0. The van der Waals surface area contributed by atoms with Gasteiger partial charge in [-0.15, -0.1) is 0 Å². The topological polar surface area (TPSA) is 317 Å². The fourth-order valence-corrected chi connectivity index (χ4v) is 6.35. The van der Waals surface area contributed by atoms with E-state index in [4.69, 9.17) is 37.6 Å². The third-order valence-corrected chi connectivity index (χ3v) is 9.52. The SMILES string of the molecule is COc1cc(O)c2c(=O)c(OC3OC(CO)C(O)C(O)C3OC3OC(C)C(O)C(O)C3O)c(-c3ccc(OC4OC(CO)C(O)C(O)C4O)cc3)oc2c1. The van der Waals surface area contributed by atoms with Crippen LogP contribution in [-0.2, 0) is 18.9 Å². The number of aromatic hydroxyl groups is 1. The van der Waals surface area contributed by atoms with E-state index < -0.39 is 122 Å². The summed E-state index contributed by atoms with van der Waals surface area (Å²) in [6.07, 6.45) is -24.6. The highest BCUT2D eigenvalue weighted by molar-refractivity contribution is 5.88. The number of aliphatic hydroxyl groups is 10. The molecule has 15 atom stereocenters. The van der Waals surface area contributed by atoms with E-state index in [1.807, 2.05) is 0 Å². The van der Waals surface area contributed by atoms with Gasteiger partial charge in [-0.25, -0.2) is 0 Å². The molecule has 0 aliphatic carbocycles. The third kappa shape index (κ3) is 7.46. The number of aliphatic hydroxyl groups excluding tert-OH is 10. The number of phenolic OH excluding ortho intramolecular Hbond substituents is 1. The van der Waals surface area contributed by atoms with E-state index in [0.717, 1.165) is 6.07 Å². The average molecular weight is 771 g/mol. The summed E-state index contributed by atoms with van der Waals surface area (Å²) in [6.45, 7) is -0.147. The van der Waals surface area contributed by atoms with Crippen molar-refractivity contribution < 1.29 is 93.7 Å². The maximum Gasteiger partial charge on any atom is 0.239 e. The first-order valence-electron chi connectivity index (χ1n) is 16.8. The molecule has 3 aliphatic heterocycles. The van der Waals surface area contributed by atoms with E-state index >= 15 is 0 Å². The Morgan fingerprint density at radius 3 is 1.89 bits per heavy atom. The predicted octanol–water partition coefficient (Wildman–Crippen LogP) is -3.62. The van der Waals surface area contributed by atoms with Gasteiger partial charge in [0.05, 0.1) is 26.4 Å². The van der Waals surface area contributed by atoms with Gasteiger partial charge in [0.1, 0.15) is 89.3 Å². The molecule has 0 saturated carbocycles. The molecule has 15 unspecified atom stereocenters. The van der Waals surface area contributed by atoms with Crippen molar-refractivity contribution in [2.24, 2.45) is 0 Å². The standard InChI is InChI=1S/C34H42O20/c1-11-20(38)24(42)27(45)32(48-11)54-31-26(44)22(40)18(10-36)52-34(31)53-30-23(41)19-15(37)7-14(47-2)8-16(19)50-29(30)12-3-5-13(6-4-12)49-33-28(46)25(43)21(39)17(9-35)51-33/h3-8,11,17-18,20-22,24-28,31-40,42-46H,9-10H2,1-2H3. The van der Waals surface area contributed by atoms with Crippen molar-refractivity contribution in [3.63, 3.8) is 0 Å². The second kappa shape index (κ2) is 16.2. The van der Waals surface area contributed by atoms with Crippen LogP contribution in [0.2, 0.25) is 0 Å². The number of benzene rings is 2. The Morgan fingerprint density at radius 1 is 0.667 bits per heavy atom. The minimum Gasteiger partial charge on any atom is -0.507 e. The highest BCUT2D eigenvalue weighted by Crippen LogP contribution is 2.39. The van der Waals surface area contributed by atoms with Gasteiger partial charge in [-0.05, 0) is 31.2 Å². The number of rotatable bonds is 10. The maximum absolute atomic E-state index is 14.2. The van der Waals surface area contributed by atoms with Crippen molar-refractivity contribution in [2.45, 2.75) is 99.0 Å². The molecule has 3 saturated heterocycles. The summed E-state index contributed by atoms with van der Waals surface area (Å²) >= 11 is 0. The zero-order valence-corrected chi connectivity index (χ0v) is 28.6. The van der Waals surface area contributed by atoms with Crippen LogP contribution in [0.15, 0.2) is 45.6 Å². The van der Waals surface area contributed by atoms with Gasteiger partial charge >= 0.3 is 0 Å². The Bertz CT molecular complexity index is 1800. The lowest BCUT2D eigenvalue weighted by atomic mass is 9.97. The highest BCUT2D eigenvalue weighted by Gasteiger charge is 2.51. The molecule has 0 amide bonds. The summed E-state index contributed by atoms with van der Waals surface area (Å²) in [5, 5.41) is 113. The molecule has 0 spiro atoms. The van der Waals surface area contributed by atoms with Crippen LogP contribution in [0.25, 0.3) is 22.3 Å². The van der Waals surface area contributed by atoms with Gasteiger partial charge in [-0.1, -0.05) is 0 Å². The van der Waals surface area contributed by atoms with Gasteiger partial charge in [0.2, 0.25) is 23.8 Å². The first-order chi connectivity index (χ1) is 25.7. The normalized spacial score (nSPS) is 37.2. The predicted molar refractivity (Wildman–Crippen MR) is 176 cm³/mol. The Hall–Kier alpha value is -3.71. The summed E-state index contributed by atoms with van der Waals surface area (Å²) < 4.78 is 45.4. The Morgan fingerprint density at radius 2 is 1.26 bits per heavy atom. The molecule has 20 heteroatoms. The Balaban J connectivity index is 1.38. The van der Waals surface area contributed by atoms with Gasteiger partial charge in [0, 0.05) is 17.7 Å². The maximum atomic E-state index is 14.2. The van der Waals surface area contributed by atoms with Gasteiger partial charge in [-0.3, -0.25) is 4.79 Å². The second-order valence-corrected chi connectivity index (χ2v) is 13.1. The molecule has 3 aliphatic rings. The van der Waals surface area contributed by atoms with E-state index in [9.17, 15) is 61.0 Å². The fraction of sp³-hybridized carbons (Fsp3) is 0.559. The van der Waals surface area contributed by atoms with Crippen LogP contribution in [-0.4, -0.2) is 169 Å². The molecule has 0 radical (unpaired) electrons. The molecule has 1 aromatic heterocycles. The quantitative estimate of drug-likeness (QED) is 0.0948. The minimum absolute atomic E-state index is 0.0487. The molecule has 298 valence electrons. The van der Waals surface area contributed by atoms with Crippen molar-refractivity contribution >= 4 is 11.0 Å². The van der Waals surface area contributed by atoms with E-state index in [1.165, 1.54) is 44.4 Å². The van der Waals surface area contributed by atoms with Gasteiger partial charge < -0.3 is 93.7 Å². The van der Waals surface area contributed by atoms with Crippen LogP contribution < -0.4 is 19.6 Å². The minimum atomic E-state index is -1.93. The molecule has 6 rings (SSSR count). The first kappa shape index (κ1) is 40.0. The summed E-state index contributed by atoms with van der Waals surface area (Å²) in [7, 11) is 1.32. The number of ether oxygens (including phenoxy) is 7. The van der Waals surface area contributed by atoms with Crippen LogP contribution in [0.4, 0.5) is 0 Å². The Labute approximate surface area is 305 Å². The summed E-state index contributed by atoms with van der Waals surface area (Å²) in [5.74, 6) is -1.35. The third-order valence-electron chi connectivity index (χ3n) is 9.52. The molecule has 4 heterocycles. The molecule has 11 N–H and O–H groups in total. The monoisotopic (exact) mass is 770 g/mol. The number of hydrogen-bond acceptors (Lipinski definition) is 20. The van der Waals surface area contributed by atoms with Gasteiger partial charge in [0.25, 0.3) is 0 Å². The van der Waals surface area contributed by atoms with E-state index in [-0.39, 0.29) is 33.8 Å². The van der Waals surface area contributed by atoms with E-state index in [1.54, 1.807) is 0 Å². The van der Waals surface area contributed by atoms with Crippen LogP contribution in [0.5, 0.6) is 23.0 Å². The van der Waals surface area contributed by atoms with Crippen molar-refractivity contribution in [3.05, 3.63) is 46.6 Å². The second-order valence-electron chi connectivity index (χ2n) is 13.1. The molecule has 3 aromatic rings. The zero-order valence-electron chi connectivity index (χ0n) is 28.6. The molecule has 2 aromatic carbocycles. The van der Waals surface area contributed by atoms with Gasteiger partial charge in [-0.2, -0.15) is 0 Å². The fourth-order valence-electron chi connectivity index (χ4n) is 6.35. The zero-order chi connectivity index (χ0) is 39.2. The first-order valence-corrected chi connectivity index (χ1v) is 16.8. The molecule has 54 heavy (non-hydrogen) atoms. The van der Waals surface area contributed by atoms with Crippen LogP contribution >= 0.6 is 0 Å². The van der Waals surface area contributed by atoms with Gasteiger partial charge in [0.15, 0.2) is 18.2 Å². The van der Waals surface area contributed by atoms with Crippen LogP contribution in [0, 0.1) is 0 Å². The van der Waals surface area contributed by atoms with E-state index in [2.05, 4.69) is 0 Å². The smallest absolute Gasteiger partial charge is 0.239 e. The molecule has 3 fully saturated rings. The number of methoxy groups -OCH3 is 1. The summed E-state index contributed by atoms with van der Waals surface area (Å²) in [6, 6.07) is 7.90. The number of phenols is 1. The van der Waals surface area contributed by atoms with Crippen molar-refractivity contribution in [3.8, 4) is 34.3 Å². The van der Waals surface area contributed by atoms with E-state index in [0.29, 0.717) is 0 Å². The van der Waals surface area contributed by atoms with Crippen molar-refractivity contribution in [1.29, 1.82) is 0 Å². The summed E-state index contributed by atoms with van der Waals surface area (Å²) in [5.41, 5.74) is -1.02. The highest BCUT2D eigenvalue weighted by atomic mass is 16.8. The molecular weight excluding hydrogens is 728 g/mol. The van der Waals surface area contributed by atoms with Crippen molar-refractivity contribution in [2.75, 3.05) is 20.3 Å². The van der Waals surface area contributed by atoms with Crippen molar-refractivity contribution in [1.82, 2.24) is 0 Å². The largest absolute Gasteiger partial charge is 0.507 e. The molecule has 0 bridgehead atoms. The lowest BCUT2D eigenvalue weighted by molar-refractivity contribution is -0.354. The number of hydrogen-bond donors (Lipinski definition) is 11. The number of fused-ring (bicyclic) bond motifs is 1. The lowest BCUT2D eigenvalue weighted by Crippen LogP contribution is -2.64. The molecule has 20 nitrogen and oxygen atoms in total. The molecular formula is C34H42O20. The lowest BCUT2D eigenvalue weighted by Gasteiger charge is -2.45. The van der Waals surface area contributed by atoms with Crippen LogP contribution in [0.1, 0.15) is 6.92 Å².